The first kappa shape index (κ1) is 22.4. The summed E-state index contributed by atoms with van der Waals surface area (Å²) in [4.78, 5) is 36.8. The predicted octanol–water partition coefficient (Wildman–Crippen LogP) is 1.57. The van der Waals surface area contributed by atoms with Crippen LogP contribution in [0, 0.1) is 5.92 Å². The molecule has 0 aromatic rings. The Balaban J connectivity index is 2.40. The van der Waals surface area contributed by atoms with Crippen LogP contribution >= 0.6 is 0 Å². The van der Waals surface area contributed by atoms with E-state index >= 15 is 0 Å². The van der Waals surface area contributed by atoms with Gasteiger partial charge in [0.05, 0.1) is 25.0 Å². The van der Waals surface area contributed by atoms with E-state index in [0.717, 1.165) is 0 Å². The van der Waals surface area contributed by atoms with Crippen LogP contribution in [0.1, 0.15) is 46.5 Å². The highest BCUT2D eigenvalue weighted by Gasteiger charge is 2.30. The number of esters is 1. The van der Waals surface area contributed by atoms with Gasteiger partial charge < -0.3 is 14.4 Å². The lowest BCUT2D eigenvalue weighted by molar-refractivity contribution is -0.140. The van der Waals surface area contributed by atoms with Crippen molar-refractivity contribution in [1.29, 1.82) is 0 Å². The highest BCUT2D eigenvalue weighted by molar-refractivity contribution is 7.91. The van der Waals surface area contributed by atoms with Crippen LogP contribution in [0.25, 0.3) is 0 Å². The number of carbonyl (C=O) groups excluding carboxylic acids is 3. The molecule has 1 saturated heterocycles. The molecule has 0 saturated carbocycles. The minimum atomic E-state index is -3.47. The maximum Gasteiger partial charge on any atom is 0.410 e. The van der Waals surface area contributed by atoms with Gasteiger partial charge in [0, 0.05) is 25.4 Å². The normalized spacial score (nSPS) is 16.2. The number of hydrogen-bond donors (Lipinski definition) is 0. The number of sulfone groups is 1. The Labute approximate surface area is 155 Å². The van der Waals surface area contributed by atoms with Crippen molar-refractivity contribution in [3.05, 3.63) is 0 Å². The predicted molar refractivity (Wildman–Crippen MR) is 95.4 cm³/mol. The van der Waals surface area contributed by atoms with Crippen molar-refractivity contribution < 1.29 is 32.3 Å². The third-order valence-electron chi connectivity index (χ3n) is 4.11. The SMILES string of the molecule is COC(=O)CCS(=O)(=O)CCC(=O)C1CCN(C(=O)OC(C)(C)C)CC1. The molecule has 0 aliphatic carbocycles. The quantitative estimate of drug-likeness (QED) is 0.606. The number of ether oxygens (including phenoxy) is 2. The Hall–Kier alpha value is -1.64. The van der Waals surface area contributed by atoms with Crippen molar-refractivity contribution in [3.63, 3.8) is 0 Å². The van der Waals surface area contributed by atoms with E-state index in [-0.39, 0.29) is 36.0 Å². The minimum absolute atomic E-state index is 0.0688. The van der Waals surface area contributed by atoms with E-state index in [1.165, 1.54) is 7.11 Å². The monoisotopic (exact) mass is 391 g/mol. The molecule has 0 bridgehead atoms. The van der Waals surface area contributed by atoms with Gasteiger partial charge in [-0.2, -0.15) is 0 Å². The standard InChI is InChI=1S/C17H29NO7S/c1-17(2,3)25-16(21)18-9-5-13(6-10-18)14(19)7-11-26(22,23)12-8-15(20)24-4/h13H,5-12H2,1-4H3. The van der Waals surface area contributed by atoms with E-state index in [4.69, 9.17) is 4.74 Å². The van der Waals surface area contributed by atoms with Crippen LogP contribution in [0.5, 0.6) is 0 Å². The summed E-state index contributed by atoms with van der Waals surface area (Å²) in [5.74, 6) is -1.53. The van der Waals surface area contributed by atoms with Gasteiger partial charge >= 0.3 is 12.1 Å². The number of rotatable bonds is 7. The first-order valence-electron chi connectivity index (χ1n) is 8.71. The second kappa shape index (κ2) is 9.34. The first-order chi connectivity index (χ1) is 11.9. The molecule has 0 unspecified atom stereocenters. The van der Waals surface area contributed by atoms with Crippen LogP contribution < -0.4 is 0 Å². The fraction of sp³-hybridized carbons (Fsp3) is 0.824. The molecule has 0 atom stereocenters. The molecule has 1 fully saturated rings. The van der Waals surface area contributed by atoms with Crippen molar-refractivity contribution >= 4 is 27.7 Å². The number of piperidine rings is 1. The van der Waals surface area contributed by atoms with Gasteiger partial charge in [-0.3, -0.25) is 9.59 Å². The van der Waals surface area contributed by atoms with Crippen molar-refractivity contribution in [3.8, 4) is 0 Å². The summed E-state index contributed by atoms with van der Waals surface area (Å²) in [6.07, 6.45) is 0.330. The van der Waals surface area contributed by atoms with Crippen LogP contribution in [0.3, 0.4) is 0 Å². The molecule has 0 spiro atoms. The first-order valence-corrected chi connectivity index (χ1v) is 10.5. The molecule has 1 amide bonds. The molecule has 1 rings (SSSR count). The average molecular weight is 391 g/mol. The van der Waals surface area contributed by atoms with Crippen LogP contribution in [0.15, 0.2) is 0 Å². The topological polar surface area (TPSA) is 107 Å². The maximum absolute atomic E-state index is 12.3. The van der Waals surface area contributed by atoms with Crippen molar-refractivity contribution in [2.75, 3.05) is 31.7 Å². The highest BCUT2D eigenvalue weighted by Crippen LogP contribution is 2.21. The number of hydrogen-bond acceptors (Lipinski definition) is 7. The average Bonchev–Trinajstić information content (AvgIpc) is 2.56. The number of Topliss-reactive ketones (excluding diaryl/α,β-unsaturated/α-hetero) is 1. The van der Waals surface area contributed by atoms with Crippen LogP contribution in [-0.4, -0.2) is 68.5 Å². The van der Waals surface area contributed by atoms with Gasteiger partial charge in [0.1, 0.15) is 11.4 Å². The summed E-state index contributed by atoms with van der Waals surface area (Å²) in [5, 5.41) is 0. The maximum atomic E-state index is 12.3. The number of methoxy groups -OCH3 is 1. The summed E-state index contributed by atoms with van der Waals surface area (Å²) in [7, 11) is -2.27. The summed E-state index contributed by atoms with van der Waals surface area (Å²) < 4.78 is 33.5. The molecule has 0 aromatic carbocycles. The molecule has 1 aliphatic heterocycles. The fourth-order valence-electron chi connectivity index (χ4n) is 2.61. The third-order valence-corrected chi connectivity index (χ3v) is 5.76. The number of amides is 1. The Morgan fingerprint density at radius 3 is 2.08 bits per heavy atom. The molecule has 1 aliphatic rings. The van der Waals surface area contributed by atoms with Crippen LogP contribution in [-0.2, 0) is 28.9 Å². The van der Waals surface area contributed by atoms with Crippen LogP contribution in [0.2, 0.25) is 0 Å². The van der Waals surface area contributed by atoms with Gasteiger partial charge in [0.25, 0.3) is 0 Å². The Bertz CT molecular complexity index is 614. The van der Waals surface area contributed by atoms with Gasteiger partial charge in [-0.1, -0.05) is 0 Å². The van der Waals surface area contributed by atoms with Crippen molar-refractivity contribution in [2.24, 2.45) is 5.92 Å². The number of nitrogens with zero attached hydrogens (tertiary/aromatic N) is 1. The van der Waals surface area contributed by atoms with E-state index in [0.29, 0.717) is 25.9 Å². The van der Waals surface area contributed by atoms with E-state index in [2.05, 4.69) is 4.74 Å². The summed E-state index contributed by atoms with van der Waals surface area (Å²) in [6, 6.07) is 0. The van der Waals surface area contributed by atoms with Crippen molar-refractivity contribution in [1.82, 2.24) is 4.90 Å². The molecule has 9 heteroatoms. The van der Waals surface area contributed by atoms with Gasteiger partial charge in [0.2, 0.25) is 0 Å². The molecule has 1 heterocycles. The molecule has 150 valence electrons. The second-order valence-corrected chi connectivity index (χ2v) is 9.74. The van der Waals surface area contributed by atoms with E-state index in [1.54, 1.807) is 25.7 Å². The van der Waals surface area contributed by atoms with E-state index in [9.17, 15) is 22.8 Å². The highest BCUT2D eigenvalue weighted by atomic mass is 32.2. The third kappa shape index (κ3) is 8.16. The summed E-state index contributed by atoms with van der Waals surface area (Å²) >= 11 is 0. The Morgan fingerprint density at radius 1 is 1.04 bits per heavy atom. The van der Waals surface area contributed by atoms with Gasteiger partial charge in [-0.15, -0.1) is 0 Å². The van der Waals surface area contributed by atoms with Crippen molar-refractivity contribution in [2.45, 2.75) is 52.1 Å². The zero-order valence-corrected chi connectivity index (χ0v) is 16.8. The lowest BCUT2D eigenvalue weighted by Gasteiger charge is -2.32. The Morgan fingerprint density at radius 2 is 1.58 bits per heavy atom. The number of likely N-dealkylation sites (tertiary alicyclic amines) is 1. The lowest BCUT2D eigenvalue weighted by Crippen LogP contribution is -2.43. The zero-order chi connectivity index (χ0) is 20.0. The number of carbonyl (C=O) groups is 3. The summed E-state index contributed by atoms with van der Waals surface area (Å²) in [6.45, 7) is 6.21. The molecule has 0 radical (unpaired) electrons. The number of ketones is 1. The van der Waals surface area contributed by atoms with Crippen LogP contribution in [0.4, 0.5) is 4.79 Å². The zero-order valence-electron chi connectivity index (χ0n) is 15.9. The molecular formula is C17H29NO7S. The second-order valence-electron chi connectivity index (χ2n) is 7.44. The lowest BCUT2D eigenvalue weighted by atomic mass is 9.91. The smallest absolute Gasteiger partial charge is 0.410 e. The van der Waals surface area contributed by atoms with E-state index in [1.807, 2.05) is 0 Å². The minimum Gasteiger partial charge on any atom is -0.469 e. The molecular weight excluding hydrogens is 362 g/mol. The molecule has 26 heavy (non-hydrogen) atoms. The Kier molecular flexibility index (Phi) is 8.05. The molecule has 0 N–H and O–H groups in total. The van der Waals surface area contributed by atoms with Gasteiger partial charge in [-0.05, 0) is 33.6 Å². The van der Waals surface area contributed by atoms with Gasteiger partial charge in [-0.25, -0.2) is 13.2 Å². The molecule has 0 aromatic heterocycles. The molecule has 8 nitrogen and oxygen atoms in total. The largest absolute Gasteiger partial charge is 0.469 e. The fourth-order valence-corrected chi connectivity index (χ4v) is 3.81. The van der Waals surface area contributed by atoms with E-state index < -0.39 is 27.5 Å². The van der Waals surface area contributed by atoms with Gasteiger partial charge in [0.15, 0.2) is 9.84 Å². The summed E-state index contributed by atoms with van der Waals surface area (Å²) in [5.41, 5.74) is -0.567.